The molecule has 5 nitrogen and oxygen atoms in total. The number of carbonyl (C=O) groups is 3. The molecule has 1 rings (SSSR count). The van der Waals surface area contributed by atoms with Gasteiger partial charge < -0.3 is 9.47 Å². The van der Waals surface area contributed by atoms with Crippen molar-refractivity contribution in [2.75, 3.05) is 6.61 Å². The van der Waals surface area contributed by atoms with E-state index in [9.17, 15) is 14.4 Å². The molecule has 0 aliphatic carbocycles. The van der Waals surface area contributed by atoms with Crippen LogP contribution in [-0.4, -0.2) is 38.5 Å². The average molecular weight is 258 g/mol. The first-order chi connectivity index (χ1) is 7.78. The summed E-state index contributed by atoms with van der Waals surface area (Å²) in [5.41, 5.74) is 0. The smallest absolute Gasteiger partial charge is 0.314 e. The van der Waals surface area contributed by atoms with E-state index in [0.717, 1.165) is 6.04 Å². The summed E-state index contributed by atoms with van der Waals surface area (Å²) in [6.45, 7) is 6.93. The van der Waals surface area contributed by atoms with E-state index in [0.29, 0.717) is 6.61 Å². The van der Waals surface area contributed by atoms with Crippen LogP contribution in [0.3, 0.4) is 0 Å². The molecule has 0 aromatic heterocycles. The van der Waals surface area contributed by atoms with Crippen LogP contribution in [-0.2, 0) is 23.9 Å². The second-order valence-corrected chi connectivity index (χ2v) is 11.0. The second-order valence-electron chi connectivity index (χ2n) is 5.36. The molecule has 0 saturated carbocycles. The SMILES string of the molecule is C[Si](C)(C)CCOC(=O)CC1OC(=O)CC1=O. The average Bonchev–Trinajstić information content (AvgIpc) is 2.42. The lowest BCUT2D eigenvalue weighted by atomic mass is 10.1. The maximum Gasteiger partial charge on any atom is 0.314 e. The molecule has 1 aliphatic heterocycles. The standard InChI is InChI=1S/C11H18O5Si/c1-17(2,3)5-4-15-10(13)7-9-8(12)6-11(14)16-9/h9H,4-7H2,1-3H3. The molecule has 96 valence electrons. The Morgan fingerprint density at radius 3 is 2.53 bits per heavy atom. The lowest BCUT2D eigenvalue weighted by Crippen LogP contribution is -2.25. The fourth-order valence-electron chi connectivity index (χ4n) is 1.36. The Morgan fingerprint density at radius 1 is 1.41 bits per heavy atom. The molecule has 0 amide bonds. The Labute approximate surface area is 101 Å². The highest BCUT2D eigenvalue weighted by Crippen LogP contribution is 2.14. The zero-order valence-electron chi connectivity index (χ0n) is 10.4. The zero-order chi connectivity index (χ0) is 13.1. The van der Waals surface area contributed by atoms with E-state index in [1.54, 1.807) is 0 Å². The molecular weight excluding hydrogens is 240 g/mol. The van der Waals surface area contributed by atoms with Crippen molar-refractivity contribution in [1.29, 1.82) is 0 Å². The molecule has 0 aromatic rings. The number of ether oxygens (including phenoxy) is 2. The number of esters is 2. The van der Waals surface area contributed by atoms with Gasteiger partial charge in [0.05, 0.1) is 13.0 Å². The lowest BCUT2D eigenvalue weighted by molar-refractivity contribution is -0.151. The molecule has 1 atom stereocenters. The number of Topliss-reactive ketones (excluding diaryl/α,β-unsaturated/α-hetero) is 1. The van der Waals surface area contributed by atoms with Gasteiger partial charge in [-0.1, -0.05) is 19.6 Å². The third kappa shape index (κ3) is 5.12. The maximum absolute atomic E-state index is 11.4. The van der Waals surface area contributed by atoms with E-state index < -0.39 is 26.1 Å². The third-order valence-corrected chi connectivity index (χ3v) is 4.12. The van der Waals surface area contributed by atoms with Gasteiger partial charge in [-0.2, -0.15) is 0 Å². The topological polar surface area (TPSA) is 69.7 Å². The summed E-state index contributed by atoms with van der Waals surface area (Å²) in [5, 5.41) is 0. The van der Waals surface area contributed by atoms with Crippen LogP contribution in [0.25, 0.3) is 0 Å². The zero-order valence-corrected chi connectivity index (χ0v) is 11.4. The van der Waals surface area contributed by atoms with Crippen molar-refractivity contribution in [2.45, 2.75) is 44.6 Å². The van der Waals surface area contributed by atoms with E-state index in [1.165, 1.54) is 0 Å². The van der Waals surface area contributed by atoms with Gasteiger partial charge in [-0.05, 0) is 6.04 Å². The lowest BCUT2D eigenvalue weighted by Gasteiger charge is -2.15. The molecule has 0 spiro atoms. The van der Waals surface area contributed by atoms with Crippen LogP contribution in [0.2, 0.25) is 25.7 Å². The molecule has 0 radical (unpaired) electrons. The van der Waals surface area contributed by atoms with Gasteiger partial charge in [-0.15, -0.1) is 0 Å². The summed E-state index contributed by atoms with van der Waals surface area (Å²) < 4.78 is 9.73. The van der Waals surface area contributed by atoms with E-state index in [2.05, 4.69) is 19.6 Å². The molecule has 1 unspecified atom stereocenters. The van der Waals surface area contributed by atoms with Crippen LogP contribution < -0.4 is 0 Å². The Hall–Kier alpha value is -1.17. The van der Waals surface area contributed by atoms with Crippen molar-refractivity contribution >= 4 is 25.8 Å². The highest BCUT2D eigenvalue weighted by molar-refractivity contribution is 6.76. The number of cyclic esters (lactones) is 1. The minimum atomic E-state index is -1.22. The predicted octanol–water partition coefficient (Wildman–Crippen LogP) is 1.14. The van der Waals surface area contributed by atoms with E-state index in [4.69, 9.17) is 9.47 Å². The highest BCUT2D eigenvalue weighted by atomic mass is 28.3. The molecule has 0 bridgehead atoms. The third-order valence-electron chi connectivity index (χ3n) is 2.42. The van der Waals surface area contributed by atoms with Gasteiger partial charge in [0.15, 0.2) is 11.9 Å². The van der Waals surface area contributed by atoms with Crippen LogP contribution in [0.15, 0.2) is 0 Å². The Balaban J connectivity index is 2.26. The summed E-state index contributed by atoms with van der Waals surface area (Å²) >= 11 is 0. The Morgan fingerprint density at radius 2 is 2.06 bits per heavy atom. The summed E-state index contributed by atoms with van der Waals surface area (Å²) in [7, 11) is -1.22. The van der Waals surface area contributed by atoms with Crippen molar-refractivity contribution in [3.8, 4) is 0 Å². The van der Waals surface area contributed by atoms with Crippen molar-refractivity contribution < 1.29 is 23.9 Å². The largest absolute Gasteiger partial charge is 0.466 e. The Bertz CT molecular complexity index is 331. The molecule has 1 aliphatic rings. The van der Waals surface area contributed by atoms with Gasteiger partial charge >= 0.3 is 11.9 Å². The normalized spacial score (nSPS) is 20.3. The van der Waals surface area contributed by atoms with E-state index >= 15 is 0 Å². The minimum absolute atomic E-state index is 0.156. The van der Waals surface area contributed by atoms with Gasteiger partial charge in [0, 0.05) is 8.07 Å². The maximum atomic E-state index is 11.4. The number of hydrogen-bond acceptors (Lipinski definition) is 5. The molecule has 6 heteroatoms. The van der Waals surface area contributed by atoms with E-state index in [-0.39, 0.29) is 18.6 Å². The second kappa shape index (κ2) is 5.44. The fraction of sp³-hybridized carbons (Fsp3) is 0.727. The number of rotatable bonds is 5. The first-order valence-electron chi connectivity index (χ1n) is 5.66. The highest BCUT2D eigenvalue weighted by Gasteiger charge is 2.34. The van der Waals surface area contributed by atoms with Gasteiger partial charge in [0.2, 0.25) is 0 Å². The number of ketones is 1. The van der Waals surface area contributed by atoms with Crippen LogP contribution in [0.5, 0.6) is 0 Å². The van der Waals surface area contributed by atoms with E-state index in [1.807, 2.05) is 0 Å². The van der Waals surface area contributed by atoms with Gasteiger partial charge in [0.1, 0.15) is 6.42 Å². The van der Waals surface area contributed by atoms with Gasteiger partial charge in [-0.25, -0.2) is 0 Å². The quantitative estimate of drug-likeness (QED) is 0.420. The molecule has 1 saturated heterocycles. The summed E-state index contributed by atoms with van der Waals surface area (Å²) in [6, 6.07) is 0.886. The van der Waals surface area contributed by atoms with Crippen LogP contribution in [0, 0.1) is 0 Å². The first kappa shape index (κ1) is 13.9. The molecule has 17 heavy (non-hydrogen) atoms. The van der Waals surface area contributed by atoms with Crippen molar-refractivity contribution in [2.24, 2.45) is 0 Å². The molecule has 1 fully saturated rings. The Kier molecular flexibility index (Phi) is 4.44. The number of carbonyl (C=O) groups excluding carboxylic acids is 3. The van der Waals surface area contributed by atoms with Crippen molar-refractivity contribution in [3.05, 3.63) is 0 Å². The van der Waals surface area contributed by atoms with Crippen LogP contribution in [0.1, 0.15) is 12.8 Å². The minimum Gasteiger partial charge on any atom is -0.466 e. The summed E-state index contributed by atoms with van der Waals surface area (Å²) in [6.07, 6.45) is -1.31. The molecular formula is C11H18O5Si. The monoisotopic (exact) mass is 258 g/mol. The number of hydrogen-bond donors (Lipinski definition) is 0. The molecule has 0 N–H and O–H groups in total. The van der Waals surface area contributed by atoms with Crippen molar-refractivity contribution in [3.63, 3.8) is 0 Å². The molecule has 0 aromatic carbocycles. The predicted molar refractivity (Wildman–Crippen MR) is 63.2 cm³/mol. The van der Waals surface area contributed by atoms with Gasteiger partial charge in [0.25, 0.3) is 0 Å². The fourth-order valence-corrected chi connectivity index (χ4v) is 2.07. The summed E-state index contributed by atoms with van der Waals surface area (Å²) in [4.78, 5) is 33.4. The summed E-state index contributed by atoms with van der Waals surface area (Å²) in [5.74, 6) is -1.37. The first-order valence-corrected chi connectivity index (χ1v) is 9.36. The van der Waals surface area contributed by atoms with Crippen LogP contribution >= 0.6 is 0 Å². The van der Waals surface area contributed by atoms with Crippen molar-refractivity contribution in [1.82, 2.24) is 0 Å². The molecule has 1 heterocycles. The van der Waals surface area contributed by atoms with Crippen LogP contribution in [0.4, 0.5) is 0 Å². The van der Waals surface area contributed by atoms with Gasteiger partial charge in [-0.3, -0.25) is 14.4 Å².